The van der Waals surface area contributed by atoms with E-state index in [1.54, 1.807) is 13.8 Å². The molecule has 0 aromatic heterocycles. The lowest BCUT2D eigenvalue weighted by Crippen LogP contribution is -2.41. The van der Waals surface area contributed by atoms with Gasteiger partial charge in [0.15, 0.2) is 24.3 Å². The maximum absolute atomic E-state index is 12.3. The SMILES string of the molecule is CCC1(CC)OC2OC3C(OC(=O)C(C)(C)CC)C(=O)OC3C2O1. The fraction of sp³-hybridized carbons (Fsp3) is 0.882. The van der Waals surface area contributed by atoms with Crippen LogP contribution in [0.5, 0.6) is 0 Å². The van der Waals surface area contributed by atoms with Crippen molar-refractivity contribution in [1.29, 1.82) is 0 Å². The van der Waals surface area contributed by atoms with Gasteiger partial charge in [-0.1, -0.05) is 20.8 Å². The molecule has 0 amide bonds. The van der Waals surface area contributed by atoms with Gasteiger partial charge in [0.1, 0.15) is 6.10 Å². The molecule has 3 saturated heterocycles. The molecule has 0 aromatic rings. The third-order valence-corrected chi connectivity index (χ3v) is 5.42. The van der Waals surface area contributed by atoms with Crippen LogP contribution >= 0.6 is 0 Å². The van der Waals surface area contributed by atoms with Crippen molar-refractivity contribution in [3.63, 3.8) is 0 Å². The molecular weight excluding hydrogens is 316 g/mol. The van der Waals surface area contributed by atoms with E-state index < -0.39 is 53.8 Å². The van der Waals surface area contributed by atoms with Crippen LogP contribution in [0.25, 0.3) is 0 Å². The number of carbonyl (C=O) groups excluding carboxylic acids is 2. The van der Waals surface area contributed by atoms with Gasteiger partial charge < -0.3 is 23.7 Å². The summed E-state index contributed by atoms with van der Waals surface area (Å²) >= 11 is 0. The molecule has 3 aliphatic rings. The molecule has 136 valence electrons. The summed E-state index contributed by atoms with van der Waals surface area (Å²) in [5.41, 5.74) is -0.667. The van der Waals surface area contributed by atoms with Crippen molar-refractivity contribution >= 4 is 11.9 Å². The van der Waals surface area contributed by atoms with Crippen LogP contribution in [0.2, 0.25) is 0 Å². The van der Waals surface area contributed by atoms with Gasteiger partial charge in [0.2, 0.25) is 6.10 Å². The van der Waals surface area contributed by atoms with Crippen molar-refractivity contribution in [1.82, 2.24) is 0 Å². The highest BCUT2D eigenvalue weighted by atomic mass is 16.9. The Balaban J connectivity index is 1.71. The zero-order chi connectivity index (χ0) is 17.7. The number of ether oxygens (including phenoxy) is 5. The molecule has 3 aliphatic heterocycles. The smallest absolute Gasteiger partial charge is 0.350 e. The minimum atomic E-state index is -1.07. The average Bonchev–Trinajstić information content (AvgIpc) is 3.17. The monoisotopic (exact) mass is 342 g/mol. The van der Waals surface area contributed by atoms with E-state index in [9.17, 15) is 9.59 Å². The van der Waals surface area contributed by atoms with Crippen molar-refractivity contribution in [3.05, 3.63) is 0 Å². The number of carbonyl (C=O) groups is 2. The Kier molecular flexibility index (Phi) is 4.38. The number of esters is 2. The molecule has 24 heavy (non-hydrogen) atoms. The predicted molar refractivity (Wildman–Crippen MR) is 81.8 cm³/mol. The lowest BCUT2D eigenvalue weighted by Gasteiger charge is -2.28. The molecule has 3 rings (SSSR count). The molecule has 0 aromatic carbocycles. The molecule has 5 unspecified atom stereocenters. The van der Waals surface area contributed by atoms with Gasteiger partial charge in [-0.05, 0) is 33.1 Å². The first kappa shape index (κ1) is 17.6. The number of fused-ring (bicyclic) bond motifs is 3. The summed E-state index contributed by atoms with van der Waals surface area (Å²) in [6, 6.07) is 0. The summed E-state index contributed by atoms with van der Waals surface area (Å²) < 4.78 is 28.6. The number of hydrogen-bond donors (Lipinski definition) is 0. The van der Waals surface area contributed by atoms with Crippen molar-refractivity contribution in [2.75, 3.05) is 0 Å². The Morgan fingerprint density at radius 2 is 1.79 bits per heavy atom. The molecule has 0 N–H and O–H groups in total. The fourth-order valence-electron chi connectivity index (χ4n) is 3.19. The van der Waals surface area contributed by atoms with Crippen molar-refractivity contribution in [2.45, 2.75) is 90.4 Å². The van der Waals surface area contributed by atoms with E-state index in [0.717, 1.165) is 0 Å². The molecule has 0 radical (unpaired) electrons. The van der Waals surface area contributed by atoms with E-state index in [1.807, 2.05) is 20.8 Å². The number of hydrogen-bond acceptors (Lipinski definition) is 7. The molecule has 0 spiro atoms. The molecule has 7 nitrogen and oxygen atoms in total. The fourth-order valence-corrected chi connectivity index (χ4v) is 3.19. The highest BCUT2D eigenvalue weighted by Crippen LogP contribution is 2.45. The van der Waals surface area contributed by atoms with Crippen LogP contribution in [0.15, 0.2) is 0 Å². The van der Waals surface area contributed by atoms with Crippen LogP contribution in [0.1, 0.15) is 53.9 Å². The topological polar surface area (TPSA) is 80.3 Å². The molecule has 5 atom stereocenters. The molecule has 3 heterocycles. The minimum absolute atomic E-state index is 0.438. The molecule has 7 heteroatoms. The lowest BCUT2D eigenvalue weighted by molar-refractivity contribution is -0.237. The van der Waals surface area contributed by atoms with Gasteiger partial charge in [-0.2, -0.15) is 0 Å². The Morgan fingerprint density at radius 3 is 2.38 bits per heavy atom. The van der Waals surface area contributed by atoms with Crippen LogP contribution < -0.4 is 0 Å². The molecular formula is C17H26O7. The Morgan fingerprint density at radius 1 is 1.12 bits per heavy atom. The first-order valence-corrected chi connectivity index (χ1v) is 8.69. The largest absolute Gasteiger partial charge is 0.454 e. The zero-order valence-electron chi connectivity index (χ0n) is 14.9. The van der Waals surface area contributed by atoms with E-state index in [4.69, 9.17) is 23.7 Å². The van der Waals surface area contributed by atoms with Crippen LogP contribution in [0.4, 0.5) is 0 Å². The molecule has 0 saturated carbocycles. The Labute approximate surface area is 141 Å². The van der Waals surface area contributed by atoms with Gasteiger partial charge in [-0.15, -0.1) is 0 Å². The lowest BCUT2D eigenvalue weighted by atomic mass is 9.90. The summed E-state index contributed by atoms with van der Waals surface area (Å²) in [6.07, 6.45) is -1.49. The van der Waals surface area contributed by atoms with E-state index in [0.29, 0.717) is 19.3 Å². The van der Waals surface area contributed by atoms with Crippen LogP contribution in [0, 0.1) is 5.41 Å². The zero-order valence-corrected chi connectivity index (χ0v) is 14.9. The normalized spacial score (nSPS) is 37.0. The molecule has 0 bridgehead atoms. The van der Waals surface area contributed by atoms with Crippen molar-refractivity contribution < 1.29 is 33.3 Å². The third-order valence-electron chi connectivity index (χ3n) is 5.42. The quantitative estimate of drug-likeness (QED) is 0.706. The summed E-state index contributed by atoms with van der Waals surface area (Å²) in [4.78, 5) is 24.4. The Bertz CT molecular complexity index is 525. The van der Waals surface area contributed by atoms with Crippen LogP contribution in [-0.2, 0) is 33.3 Å². The van der Waals surface area contributed by atoms with E-state index in [1.165, 1.54) is 0 Å². The Hall–Kier alpha value is -1.18. The van der Waals surface area contributed by atoms with Gasteiger partial charge in [0.05, 0.1) is 5.41 Å². The molecule has 0 aliphatic carbocycles. The van der Waals surface area contributed by atoms with E-state index in [-0.39, 0.29) is 0 Å². The standard InChI is InChI=1S/C17H26O7/c1-6-16(4,5)15(19)22-11-9-10(20-13(11)18)12-14(21-9)24-17(7-2,8-3)23-12/h9-12,14H,6-8H2,1-5H3. The average molecular weight is 342 g/mol. The highest BCUT2D eigenvalue weighted by molar-refractivity contribution is 5.84. The van der Waals surface area contributed by atoms with Gasteiger partial charge in [-0.3, -0.25) is 4.79 Å². The van der Waals surface area contributed by atoms with E-state index in [2.05, 4.69) is 0 Å². The van der Waals surface area contributed by atoms with Gasteiger partial charge in [0, 0.05) is 0 Å². The number of rotatable bonds is 5. The minimum Gasteiger partial charge on any atom is -0.454 e. The molecule has 3 fully saturated rings. The van der Waals surface area contributed by atoms with E-state index >= 15 is 0 Å². The second-order valence-corrected chi connectivity index (χ2v) is 7.25. The summed E-state index contributed by atoms with van der Waals surface area (Å²) in [7, 11) is 0. The van der Waals surface area contributed by atoms with Crippen molar-refractivity contribution in [3.8, 4) is 0 Å². The summed E-state index contributed by atoms with van der Waals surface area (Å²) in [5, 5.41) is 0. The summed E-state index contributed by atoms with van der Waals surface area (Å²) in [6.45, 7) is 9.39. The first-order valence-electron chi connectivity index (χ1n) is 8.69. The van der Waals surface area contributed by atoms with Gasteiger partial charge in [-0.25, -0.2) is 4.79 Å². The first-order chi connectivity index (χ1) is 11.3. The van der Waals surface area contributed by atoms with Gasteiger partial charge in [0.25, 0.3) is 0 Å². The van der Waals surface area contributed by atoms with Crippen molar-refractivity contribution in [2.24, 2.45) is 5.41 Å². The van der Waals surface area contributed by atoms with Crippen LogP contribution in [-0.4, -0.2) is 48.4 Å². The second kappa shape index (κ2) is 5.97. The predicted octanol–water partition coefficient (Wildman–Crippen LogP) is 1.92. The third kappa shape index (κ3) is 2.62. The summed E-state index contributed by atoms with van der Waals surface area (Å²) in [5.74, 6) is -1.73. The highest BCUT2D eigenvalue weighted by Gasteiger charge is 2.65. The maximum atomic E-state index is 12.3. The van der Waals surface area contributed by atoms with Gasteiger partial charge >= 0.3 is 11.9 Å². The maximum Gasteiger partial charge on any atom is 0.350 e. The van der Waals surface area contributed by atoms with Crippen LogP contribution in [0.3, 0.4) is 0 Å². The second-order valence-electron chi connectivity index (χ2n) is 7.25.